The van der Waals surface area contributed by atoms with E-state index in [0.717, 1.165) is 11.1 Å². The Kier molecular flexibility index (Phi) is 4.10. The van der Waals surface area contributed by atoms with E-state index in [0.29, 0.717) is 18.9 Å². The van der Waals surface area contributed by atoms with Crippen LogP contribution in [0.1, 0.15) is 11.1 Å². The maximum Gasteiger partial charge on any atom is 0.257 e. The van der Waals surface area contributed by atoms with Gasteiger partial charge in [0.05, 0.1) is 13.1 Å². The van der Waals surface area contributed by atoms with Crippen molar-refractivity contribution in [1.82, 2.24) is 9.13 Å². The first-order valence-corrected chi connectivity index (χ1v) is 7.38. The van der Waals surface area contributed by atoms with Crippen LogP contribution in [0.15, 0.2) is 71.5 Å². The molecule has 5 heteroatoms. The van der Waals surface area contributed by atoms with Crippen LogP contribution in [0.25, 0.3) is 0 Å². The van der Waals surface area contributed by atoms with Gasteiger partial charge in [0.25, 0.3) is 5.56 Å². The Morgan fingerprint density at radius 1 is 0.826 bits per heavy atom. The number of rotatable bonds is 4. The molecule has 3 aromatic rings. The molecule has 0 atom stereocenters. The molecule has 0 radical (unpaired) electrons. The Morgan fingerprint density at radius 3 is 1.83 bits per heavy atom. The summed E-state index contributed by atoms with van der Waals surface area (Å²) in [6.07, 6.45) is 0. The fraction of sp³-hybridized carbons (Fsp3) is 0.111. The standard InChI is InChI=1S/C18H18N4O/c19-16-11-17(23)22(13-15-9-5-2-6-10-15)18(20)21(16)12-14-7-3-1-4-8-14/h1-11,20H,12-13,19H2. The Balaban J connectivity index is 2.03. The number of benzene rings is 2. The van der Waals surface area contributed by atoms with E-state index in [-0.39, 0.29) is 11.2 Å². The van der Waals surface area contributed by atoms with E-state index < -0.39 is 0 Å². The van der Waals surface area contributed by atoms with Gasteiger partial charge in [0, 0.05) is 6.07 Å². The Labute approximate surface area is 133 Å². The zero-order valence-electron chi connectivity index (χ0n) is 12.6. The van der Waals surface area contributed by atoms with Gasteiger partial charge >= 0.3 is 0 Å². The molecule has 23 heavy (non-hydrogen) atoms. The van der Waals surface area contributed by atoms with Crippen molar-refractivity contribution in [2.75, 3.05) is 5.73 Å². The lowest BCUT2D eigenvalue weighted by atomic mass is 10.2. The minimum Gasteiger partial charge on any atom is -0.385 e. The highest BCUT2D eigenvalue weighted by atomic mass is 16.1. The Hall–Kier alpha value is -3.08. The van der Waals surface area contributed by atoms with Crippen molar-refractivity contribution in [2.45, 2.75) is 13.1 Å². The minimum atomic E-state index is -0.263. The van der Waals surface area contributed by atoms with Gasteiger partial charge in [-0.25, -0.2) is 0 Å². The van der Waals surface area contributed by atoms with Crippen LogP contribution in [0.5, 0.6) is 0 Å². The van der Waals surface area contributed by atoms with E-state index in [2.05, 4.69) is 0 Å². The summed E-state index contributed by atoms with van der Waals surface area (Å²) in [5.41, 5.74) is 7.80. The molecule has 1 aromatic heterocycles. The van der Waals surface area contributed by atoms with Crippen molar-refractivity contribution in [3.63, 3.8) is 0 Å². The van der Waals surface area contributed by atoms with Crippen LogP contribution in [-0.2, 0) is 13.1 Å². The summed E-state index contributed by atoms with van der Waals surface area (Å²) < 4.78 is 3.06. The van der Waals surface area contributed by atoms with E-state index in [1.54, 1.807) is 4.57 Å². The van der Waals surface area contributed by atoms with E-state index in [1.807, 2.05) is 60.7 Å². The van der Waals surface area contributed by atoms with Crippen LogP contribution in [0.4, 0.5) is 5.82 Å². The number of nitrogens with two attached hydrogens (primary N) is 1. The highest BCUT2D eigenvalue weighted by Crippen LogP contribution is 2.05. The van der Waals surface area contributed by atoms with Gasteiger partial charge in [0.15, 0.2) is 0 Å². The lowest BCUT2D eigenvalue weighted by Crippen LogP contribution is -2.41. The van der Waals surface area contributed by atoms with Gasteiger partial charge in [0.2, 0.25) is 5.62 Å². The molecule has 0 spiro atoms. The number of nitrogen functional groups attached to an aromatic ring is 1. The van der Waals surface area contributed by atoms with Gasteiger partial charge in [-0.05, 0) is 11.1 Å². The van der Waals surface area contributed by atoms with Crippen LogP contribution in [0.3, 0.4) is 0 Å². The minimum absolute atomic E-state index is 0.0997. The smallest absolute Gasteiger partial charge is 0.257 e. The average Bonchev–Trinajstić information content (AvgIpc) is 2.57. The van der Waals surface area contributed by atoms with Crippen molar-refractivity contribution in [1.29, 1.82) is 5.41 Å². The molecule has 0 aliphatic rings. The molecule has 0 amide bonds. The lowest BCUT2D eigenvalue weighted by molar-refractivity contribution is 0.589. The summed E-state index contributed by atoms with van der Waals surface area (Å²) in [6.45, 7) is 0.814. The second-order valence-corrected chi connectivity index (χ2v) is 5.37. The van der Waals surface area contributed by atoms with Crippen molar-refractivity contribution < 1.29 is 0 Å². The summed E-state index contributed by atoms with van der Waals surface area (Å²) in [6, 6.07) is 20.8. The first-order valence-electron chi connectivity index (χ1n) is 7.38. The first-order chi connectivity index (χ1) is 11.1. The molecule has 0 aliphatic heterocycles. The van der Waals surface area contributed by atoms with Gasteiger partial charge in [-0.2, -0.15) is 0 Å². The zero-order valence-corrected chi connectivity index (χ0v) is 12.6. The fourth-order valence-corrected chi connectivity index (χ4v) is 2.51. The molecule has 0 fully saturated rings. The maximum atomic E-state index is 12.2. The molecule has 116 valence electrons. The Morgan fingerprint density at radius 2 is 1.30 bits per heavy atom. The molecule has 0 saturated carbocycles. The third-order valence-corrected chi connectivity index (χ3v) is 3.73. The highest BCUT2D eigenvalue weighted by molar-refractivity contribution is 5.29. The van der Waals surface area contributed by atoms with Gasteiger partial charge in [-0.15, -0.1) is 0 Å². The molecular formula is C18H18N4O. The quantitative estimate of drug-likeness (QED) is 0.771. The van der Waals surface area contributed by atoms with E-state index in [9.17, 15) is 4.79 Å². The fourth-order valence-electron chi connectivity index (χ4n) is 2.51. The van der Waals surface area contributed by atoms with E-state index in [4.69, 9.17) is 11.1 Å². The van der Waals surface area contributed by atoms with Crippen molar-refractivity contribution in [3.8, 4) is 0 Å². The second kappa shape index (κ2) is 6.36. The molecular weight excluding hydrogens is 288 g/mol. The molecule has 0 aliphatic carbocycles. The highest BCUT2D eigenvalue weighted by Gasteiger charge is 2.08. The monoisotopic (exact) mass is 306 g/mol. The molecule has 5 nitrogen and oxygen atoms in total. The molecule has 3 N–H and O–H groups in total. The number of hydrogen-bond acceptors (Lipinski definition) is 3. The molecule has 3 rings (SSSR count). The van der Waals surface area contributed by atoms with Crippen LogP contribution in [0, 0.1) is 5.41 Å². The van der Waals surface area contributed by atoms with Crippen LogP contribution >= 0.6 is 0 Å². The topological polar surface area (TPSA) is 76.8 Å². The molecule has 0 saturated heterocycles. The average molecular weight is 306 g/mol. The van der Waals surface area contributed by atoms with Crippen LogP contribution in [-0.4, -0.2) is 9.13 Å². The predicted molar refractivity (Wildman–Crippen MR) is 90.0 cm³/mol. The third-order valence-electron chi connectivity index (χ3n) is 3.73. The predicted octanol–water partition coefficient (Wildman–Crippen LogP) is 1.81. The van der Waals surface area contributed by atoms with Crippen LogP contribution in [0.2, 0.25) is 0 Å². The van der Waals surface area contributed by atoms with Crippen molar-refractivity contribution in [2.24, 2.45) is 0 Å². The summed E-state index contributed by atoms with van der Waals surface area (Å²) in [5.74, 6) is 0.299. The third kappa shape index (κ3) is 3.23. The zero-order chi connectivity index (χ0) is 16.2. The van der Waals surface area contributed by atoms with Gasteiger partial charge in [0.1, 0.15) is 5.82 Å². The van der Waals surface area contributed by atoms with Gasteiger partial charge in [-0.3, -0.25) is 19.3 Å². The summed E-state index contributed by atoms with van der Waals surface area (Å²) >= 11 is 0. The first kappa shape index (κ1) is 14.8. The van der Waals surface area contributed by atoms with E-state index in [1.165, 1.54) is 10.6 Å². The SMILES string of the molecule is N=c1n(Cc2ccccc2)c(N)cc(=O)n1Cc1ccccc1. The summed E-state index contributed by atoms with van der Waals surface area (Å²) in [5, 5.41) is 8.37. The van der Waals surface area contributed by atoms with Crippen LogP contribution < -0.4 is 16.9 Å². The maximum absolute atomic E-state index is 12.2. The van der Waals surface area contributed by atoms with Crippen molar-refractivity contribution in [3.05, 3.63) is 93.8 Å². The molecule has 0 unspecified atom stereocenters. The van der Waals surface area contributed by atoms with E-state index >= 15 is 0 Å². The molecule has 2 aromatic carbocycles. The number of hydrogen-bond donors (Lipinski definition) is 2. The number of nitrogens with zero attached hydrogens (tertiary/aromatic N) is 2. The number of aromatic nitrogens is 2. The second-order valence-electron chi connectivity index (χ2n) is 5.37. The van der Waals surface area contributed by atoms with Gasteiger partial charge < -0.3 is 5.73 Å². The number of nitrogens with one attached hydrogen (secondary N) is 1. The molecule has 0 bridgehead atoms. The van der Waals surface area contributed by atoms with Gasteiger partial charge in [-0.1, -0.05) is 60.7 Å². The largest absolute Gasteiger partial charge is 0.385 e. The lowest BCUT2D eigenvalue weighted by Gasteiger charge is -2.15. The summed E-state index contributed by atoms with van der Waals surface area (Å²) in [4.78, 5) is 12.2. The molecule has 1 heterocycles. The van der Waals surface area contributed by atoms with Crippen molar-refractivity contribution >= 4 is 5.82 Å². The summed E-state index contributed by atoms with van der Waals surface area (Å²) in [7, 11) is 0. The Bertz CT molecular complexity index is 911. The normalized spacial score (nSPS) is 10.6. The number of anilines is 1.